The number of halogens is 3. The van der Waals surface area contributed by atoms with Crippen LogP contribution in [0.2, 0.25) is 0 Å². The van der Waals surface area contributed by atoms with Gasteiger partial charge in [0.1, 0.15) is 0 Å². The van der Waals surface area contributed by atoms with Crippen LogP contribution in [0.4, 0.5) is 0 Å². The number of nitrogens with zero attached hydrogens (tertiary/aromatic N) is 3. The molecule has 0 unspecified atom stereocenters. The molecular weight excluding hydrogens is 417 g/mol. The van der Waals surface area contributed by atoms with Crippen molar-refractivity contribution in [3.05, 3.63) is 35.9 Å². The van der Waals surface area contributed by atoms with Gasteiger partial charge in [0.2, 0.25) is 0 Å². The first-order valence-electron chi connectivity index (χ1n) is 7.75. The number of hydrogen-bond donors (Lipinski definition) is 4. The molecule has 0 spiro atoms. The second-order valence-electron chi connectivity index (χ2n) is 5.48. The predicted molar refractivity (Wildman–Crippen MR) is 117 cm³/mol. The maximum Gasteiger partial charge on any atom is 0.188 e. The minimum absolute atomic E-state index is 0. The molecule has 2 rings (SSSR count). The Morgan fingerprint density at radius 1 is 1.31 bits per heavy atom. The average molecular weight is 445 g/mol. The number of guanidine groups is 1. The molecule has 0 radical (unpaired) electrons. The van der Waals surface area contributed by atoms with Crippen LogP contribution in [0, 0.1) is 6.92 Å². The highest BCUT2D eigenvalue weighted by Crippen LogP contribution is 2.13. The second-order valence-corrected chi connectivity index (χ2v) is 6.51. The van der Waals surface area contributed by atoms with Crippen molar-refractivity contribution < 1.29 is 0 Å². The molecular formula is C15H28Cl3N7S. The summed E-state index contributed by atoms with van der Waals surface area (Å²) in [5.41, 5.74) is 9.30. The van der Waals surface area contributed by atoms with Gasteiger partial charge in [-0.2, -0.15) is 11.8 Å². The fourth-order valence-electron chi connectivity index (χ4n) is 2.10. The van der Waals surface area contributed by atoms with E-state index in [9.17, 15) is 0 Å². The van der Waals surface area contributed by atoms with E-state index in [-0.39, 0.29) is 43.3 Å². The summed E-state index contributed by atoms with van der Waals surface area (Å²) in [6, 6.07) is 0.274. The molecule has 0 saturated heterocycles. The van der Waals surface area contributed by atoms with Crippen LogP contribution in [0.3, 0.4) is 0 Å². The van der Waals surface area contributed by atoms with E-state index in [4.69, 9.17) is 5.73 Å². The predicted octanol–water partition coefficient (Wildman–Crippen LogP) is 2.87. The third-order valence-corrected chi connectivity index (χ3v) is 4.59. The normalized spacial score (nSPS) is 11.7. The highest BCUT2D eigenvalue weighted by Gasteiger charge is 2.05. The Hall–Kier alpha value is -1.09. The minimum atomic E-state index is 0. The van der Waals surface area contributed by atoms with Crippen LogP contribution in [-0.2, 0) is 12.2 Å². The van der Waals surface area contributed by atoms with Crippen molar-refractivity contribution in [1.82, 2.24) is 25.3 Å². The van der Waals surface area contributed by atoms with E-state index in [2.05, 4.69) is 37.2 Å². The molecule has 0 aliphatic carbocycles. The molecule has 7 nitrogen and oxygen atoms in total. The highest BCUT2D eigenvalue weighted by molar-refractivity contribution is 7.98. The SMILES string of the molecule is Cc1[nH]cnc1CSC[C@H](C)NC(N)=NCCCc1cnc[nH]1.Cl.Cl.Cl. The molecule has 0 bridgehead atoms. The van der Waals surface area contributed by atoms with Gasteiger partial charge >= 0.3 is 0 Å². The molecule has 150 valence electrons. The molecule has 0 aliphatic rings. The minimum Gasteiger partial charge on any atom is -0.370 e. The van der Waals surface area contributed by atoms with Gasteiger partial charge in [-0.3, -0.25) is 4.99 Å². The number of aromatic amines is 2. The lowest BCUT2D eigenvalue weighted by molar-refractivity contribution is 0.727. The summed E-state index contributed by atoms with van der Waals surface area (Å²) >= 11 is 1.84. The maximum absolute atomic E-state index is 5.92. The van der Waals surface area contributed by atoms with E-state index in [1.165, 1.54) is 0 Å². The van der Waals surface area contributed by atoms with Gasteiger partial charge in [-0.05, 0) is 26.7 Å². The zero-order valence-corrected chi connectivity index (χ0v) is 18.2. The summed E-state index contributed by atoms with van der Waals surface area (Å²) in [7, 11) is 0. The zero-order valence-electron chi connectivity index (χ0n) is 14.9. The van der Waals surface area contributed by atoms with Crippen LogP contribution in [-0.4, -0.2) is 44.2 Å². The Kier molecular flexibility index (Phi) is 15.7. The molecule has 0 amide bonds. The first kappa shape index (κ1) is 27.1. The Labute approximate surface area is 177 Å². The van der Waals surface area contributed by atoms with Gasteiger partial charge < -0.3 is 21.0 Å². The largest absolute Gasteiger partial charge is 0.370 e. The quantitative estimate of drug-likeness (QED) is 0.270. The molecule has 2 aromatic heterocycles. The first-order valence-corrected chi connectivity index (χ1v) is 8.91. The monoisotopic (exact) mass is 443 g/mol. The van der Waals surface area contributed by atoms with Gasteiger partial charge in [0.25, 0.3) is 0 Å². The van der Waals surface area contributed by atoms with Crippen LogP contribution in [0.15, 0.2) is 23.8 Å². The standard InChI is InChI=1S/C15H25N7S.3ClH/c1-11(7-23-8-14-12(2)19-10-21-14)22-15(16)18-5-3-4-13-6-17-9-20-13;;;/h6,9-11H,3-5,7-8H2,1-2H3,(H,17,20)(H,19,21)(H3,16,18,22);3*1H/t11-;;;/m0.../s1. The van der Waals surface area contributed by atoms with E-state index < -0.39 is 0 Å². The molecule has 0 aromatic carbocycles. The van der Waals surface area contributed by atoms with Crippen molar-refractivity contribution >= 4 is 54.9 Å². The lowest BCUT2D eigenvalue weighted by Gasteiger charge is -2.13. The van der Waals surface area contributed by atoms with Crippen LogP contribution in [0.1, 0.15) is 30.4 Å². The average Bonchev–Trinajstić information content (AvgIpc) is 3.16. The van der Waals surface area contributed by atoms with Gasteiger partial charge in [-0.1, -0.05) is 0 Å². The van der Waals surface area contributed by atoms with E-state index in [0.29, 0.717) is 12.5 Å². The third kappa shape index (κ3) is 10.2. The van der Waals surface area contributed by atoms with Crippen molar-refractivity contribution in [2.75, 3.05) is 12.3 Å². The van der Waals surface area contributed by atoms with Crippen LogP contribution < -0.4 is 11.1 Å². The lowest BCUT2D eigenvalue weighted by Crippen LogP contribution is -2.39. The van der Waals surface area contributed by atoms with E-state index >= 15 is 0 Å². The fraction of sp³-hybridized carbons (Fsp3) is 0.533. The number of rotatable bonds is 9. The maximum atomic E-state index is 5.92. The Bertz CT molecular complexity index is 604. The molecule has 2 heterocycles. The Morgan fingerprint density at radius 2 is 2.08 bits per heavy atom. The first-order chi connectivity index (χ1) is 11.1. The van der Waals surface area contributed by atoms with Crippen LogP contribution in [0.25, 0.3) is 0 Å². The molecule has 2 aromatic rings. The summed E-state index contributed by atoms with van der Waals surface area (Å²) in [6.07, 6.45) is 7.15. The summed E-state index contributed by atoms with van der Waals surface area (Å²) in [5, 5.41) is 3.23. The van der Waals surface area contributed by atoms with Gasteiger partial charge in [0.05, 0.1) is 18.3 Å². The number of imidazole rings is 2. The Balaban J connectivity index is 0. The smallest absolute Gasteiger partial charge is 0.188 e. The van der Waals surface area contributed by atoms with Crippen molar-refractivity contribution in [2.24, 2.45) is 10.7 Å². The van der Waals surface area contributed by atoms with Crippen molar-refractivity contribution in [2.45, 2.75) is 38.5 Å². The number of H-pyrrole nitrogens is 2. The second kappa shape index (κ2) is 15.0. The molecule has 5 N–H and O–H groups in total. The number of nitrogens with one attached hydrogen (secondary N) is 3. The molecule has 1 atom stereocenters. The zero-order chi connectivity index (χ0) is 16.5. The number of aromatic nitrogens is 4. The van der Waals surface area contributed by atoms with Crippen molar-refractivity contribution in [3.8, 4) is 0 Å². The molecule has 0 fully saturated rings. The number of hydrogen-bond acceptors (Lipinski definition) is 4. The molecule has 11 heteroatoms. The van der Waals surface area contributed by atoms with Gasteiger partial charge in [0, 0.05) is 41.7 Å². The number of aliphatic imine (C=N–C) groups is 1. The van der Waals surface area contributed by atoms with Crippen LogP contribution in [0.5, 0.6) is 0 Å². The third-order valence-electron chi connectivity index (χ3n) is 3.38. The number of thioether (sulfide) groups is 1. The van der Waals surface area contributed by atoms with Crippen LogP contribution >= 0.6 is 49.0 Å². The molecule has 26 heavy (non-hydrogen) atoms. The summed E-state index contributed by atoms with van der Waals surface area (Å²) in [5.74, 6) is 2.37. The number of nitrogens with two attached hydrogens (primary N) is 1. The molecule has 0 saturated carbocycles. The van der Waals surface area contributed by atoms with Gasteiger partial charge in [-0.15, -0.1) is 37.2 Å². The summed E-state index contributed by atoms with van der Waals surface area (Å²) in [6.45, 7) is 4.86. The topological polar surface area (TPSA) is 108 Å². The fourth-order valence-corrected chi connectivity index (χ4v) is 3.13. The summed E-state index contributed by atoms with van der Waals surface area (Å²) in [4.78, 5) is 18.8. The highest BCUT2D eigenvalue weighted by atomic mass is 35.5. The van der Waals surface area contributed by atoms with E-state index in [0.717, 1.165) is 41.4 Å². The number of aryl methyl sites for hydroxylation is 2. The van der Waals surface area contributed by atoms with E-state index in [1.54, 1.807) is 12.7 Å². The van der Waals surface area contributed by atoms with E-state index in [1.807, 2.05) is 24.9 Å². The lowest BCUT2D eigenvalue weighted by atomic mass is 10.2. The Morgan fingerprint density at radius 3 is 2.69 bits per heavy atom. The van der Waals surface area contributed by atoms with Gasteiger partial charge in [0.15, 0.2) is 5.96 Å². The molecule has 0 aliphatic heterocycles. The van der Waals surface area contributed by atoms with Gasteiger partial charge in [-0.25, -0.2) is 9.97 Å². The van der Waals surface area contributed by atoms with Crippen molar-refractivity contribution in [1.29, 1.82) is 0 Å². The van der Waals surface area contributed by atoms with Crippen molar-refractivity contribution in [3.63, 3.8) is 0 Å². The summed E-state index contributed by atoms with van der Waals surface area (Å²) < 4.78 is 0.